The molecule has 0 saturated carbocycles. The van der Waals surface area contributed by atoms with E-state index in [9.17, 15) is 9.59 Å². The van der Waals surface area contributed by atoms with Gasteiger partial charge in [-0.15, -0.1) is 11.3 Å². The molecule has 3 amide bonds. The van der Waals surface area contributed by atoms with Crippen LogP contribution in [0.1, 0.15) is 5.69 Å². The van der Waals surface area contributed by atoms with Gasteiger partial charge in [0.2, 0.25) is 5.91 Å². The lowest BCUT2D eigenvalue weighted by molar-refractivity contribution is -0.115. The molecule has 2 aromatic heterocycles. The van der Waals surface area contributed by atoms with E-state index in [1.165, 1.54) is 11.3 Å². The van der Waals surface area contributed by atoms with Gasteiger partial charge in [0.15, 0.2) is 5.13 Å². The number of benzene rings is 1. The fourth-order valence-corrected chi connectivity index (χ4v) is 3.85. The van der Waals surface area contributed by atoms with Crippen LogP contribution in [0, 0.1) is 0 Å². The topological polar surface area (TPSA) is 79.3 Å². The molecule has 0 atom stereocenters. The van der Waals surface area contributed by atoms with Crippen molar-refractivity contribution in [2.45, 2.75) is 6.42 Å². The number of urea groups is 1. The Morgan fingerprint density at radius 2 is 2.15 bits per heavy atom. The largest absolute Gasteiger partial charge is 0.336 e. The molecule has 3 aromatic rings. The van der Waals surface area contributed by atoms with Crippen molar-refractivity contribution >= 4 is 45.7 Å². The summed E-state index contributed by atoms with van der Waals surface area (Å²) in [4.78, 5) is 30.2. The molecule has 1 aliphatic rings. The Labute approximate surface area is 164 Å². The first kappa shape index (κ1) is 17.6. The molecule has 0 unspecified atom stereocenters. The molecule has 27 heavy (non-hydrogen) atoms. The Bertz CT molecular complexity index is 986. The van der Waals surface area contributed by atoms with Crippen molar-refractivity contribution in [2.75, 3.05) is 23.3 Å². The molecule has 0 aliphatic carbocycles. The zero-order chi connectivity index (χ0) is 18.8. The molecule has 138 valence electrons. The Hall–Kier alpha value is -2.84. The highest BCUT2D eigenvalue weighted by Crippen LogP contribution is 2.26. The number of nitrogens with zero attached hydrogens (tertiary/aromatic N) is 3. The van der Waals surface area contributed by atoms with Gasteiger partial charge in [-0.1, -0.05) is 11.6 Å². The lowest BCUT2D eigenvalue weighted by atomic mass is 10.2. The van der Waals surface area contributed by atoms with E-state index < -0.39 is 0 Å². The number of aromatic nitrogens is 2. The van der Waals surface area contributed by atoms with E-state index in [2.05, 4.69) is 15.6 Å². The van der Waals surface area contributed by atoms with E-state index in [1.54, 1.807) is 28.5 Å². The monoisotopic (exact) mass is 401 g/mol. The number of nitrogens with one attached hydrogen (secondary N) is 2. The summed E-state index contributed by atoms with van der Waals surface area (Å²) < 4.78 is 1.88. The van der Waals surface area contributed by atoms with Crippen LogP contribution in [0.15, 0.2) is 48.1 Å². The number of thiazole rings is 1. The predicted octanol–water partition coefficient (Wildman–Crippen LogP) is 3.30. The van der Waals surface area contributed by atoms with Crippen LogP contribution in [0.5, 0.6) is 0 Å². The lowest BCUT2D eigenvalue weighted by Gasteiger charge is -2.12. The highest BCUT2D eigenvalue weighted by molar-refractivity contribution is 7.14. The fourth-order valence-electron chi connectivity index (χ4n) is 2.83. The van der Waals surface area contributed by atoms with Crippen LogP contribution in [0.2, 0.25) is 5.02 Å². The molecule has 3 heterocycles. The maximum atomic E-state index is 12.5. The highest BCUT2D eigenvalue weighted by atomic mass is 35.5. The summed E-state index contributed by atoms with van der Waals surface area (Å²) >= 11 is 7.46. The first-order valence-electron chi connectivity index (χ1n) is 8.33. The van der Waals surface area contributed by atoms with E-state index >= 15 is 0 Å². The van der Waals surface area contributed by atoms with E-state index in [1.807, 2.05) is 29.1 Å². The van der Waals surface area contributed by atoms with Crippen LogP contribution in [-0.4, -0.2) is 34.6 Å². The Morgan fingerprint density at radius 1 is 1.33 bits per heavy atom. The third-order valence-corrected chi connectivity index (χ3v) is 5.23. The number of amides is 3. The minimum absolute atomic E-state index is 0.125. The number of halogens is 1. The van der Waals surface area contributed by atoms with Crippen molar-refractivity contribution < 1.29 is 9.59 Å². The molecule has 1 fully saturated rings. The normalized spacial score (nSPS) is 13.7. The van der Waals surface area contributed by atoms with E-state index in [4.69, 9.17) is 11.6 Å². The molecule has 2 N–H and O–H groups in total. The second-order valence-electron chi connectivity index (χ2n) is 5.98. The van der Waals surface area contributed by atoms with Gasteiger partial charge in [-0.05, 0) is 30.3 Å². The summed E-state index contributed by atoms with van der Waals surface area (Å²) in [5, 5.41) is 8.64. The third kappa shape index (κ3) is 3.81. The predicted molar refractivity (Wildman–Crippen MR) is 106 cm³/mol. The molecule has 0 bridgehead atoms. The first-order chi connectivity index (χ1) is 13.1. The highest BCUT2D eigenvalue weighted by Gasteiger charge is 2.24. The summed E-state index contributed by atoms with van der Waals surface area (Å²) in [5.41, 5.74) is 2.08. The van der Waals surface area contributed by atoms with Crippen LogP contribution < -0.4 is 15.5 Å². The summed E-state index contributed by atoms with van der Waals surface area (Å²) in [6.45, 7) is 1.19. The maximum absolute atomic E-state index is 12.5. The molecule has 1 aliphatic heterocycles. The smallest absolute Gasteiger partial charge is 0.323 e. The minimum Gasteiger partial charge on any atom is -0.336 e. The second-order valence-corrected chi connectivity index (χ2v) is 7.25. The van der Waals surface area contributed by atoms with Gasteiger partial charge in [-0.2, -0.15) is 0 Å². The van der Waals surface area contributed by atoms with Crippen LogP contribution in [-0.2, 0) is 11.2 Å². The van der Waals surface area contributed by atoms with Gasteiger partial charge in [-0.3, -0.25) is 9.69 Å². The van der Waals surface area contributed by atoms with Crippen molar-refractivity contribution in [1.29, 1.82) is 0 Å². The molecule has 0 radical (unpaired) electrons. The Balaban J connectivity index is 1.48. The maximum Gasteiger partial charge on any atom is 0.323 e. The number of carbonyl (C=O) groups excluding carboxylic acids is 2. The first-order valence-corrected chi connectivity index (χ1v) is 9.58. The Kier molecular flexibility index (Phi) is 4.83. The van der Waals surface area contributed by atoms with Crippen LogP contribution in [0.4, 0.5) is 15.6 Å². The van der Waals surface area contributed by atoms with Gasteiger partial charge in [0.1, 0.15) is 0 Å². The van der Waals surface area contributed by atoms with Crippen molar-refractivity contribution in [2.24, 2.45) is 0 Å². The number of rotatable bonds is 5. The summed E-state index contributed by atoms with van der Waals surface area (Å²) in [7, 11) is 0. The number of anilines is 2. The molecule has 4 rings (SSSR count). The number of hydrogen-bond donors (Lipinski definition) is 2. The van der Waals surface area contributed by atoms with Gasteiger partial charge in [0.05, 0.1) is 23.5 Å². The lowest BCUT2D eigenvalue weighted by Crippen LogP contribution is -2.27. The fraction of sp³-hybridized carbons (Fsp3) is 0.167. The Morgan fingerprint density at radius 3 is 2.89 bits per heavy atom. The zero-order valence-electron chi connectivity index (χ0n) is 14.2. The second kappa shape index (κ2) is 7.42. The summed E-state index contributed by atoms with van der Waals surface area (Å²) in [6, 6.07) is 8.95. The average Bonchev–Trinajstić information content (AvgIpc) is 3.38. The quantitative estimate of drug-likeness (QED) is 0.688. The number of hydrogen-bond acceptors (Lipinski definition) is 4. The molecule has 9 heteroatoms. The van der Waals surface area contributed by atoms with E-state index in [-0.39, 0.29) is 18.4 Å². The molecular weight excluding hydrogens is 386 g/mol. The number of carbonyl (C=O) groups is 2. The van der Waals surface area contributed by atoms with Crippen LogP contribution in [0.3, 0.4) is 0 Å². The van der Waals surface area contributed by atoms with Gasteiger partial charge in [-0.25, -0.2) is 9.78 Å². The van der Waals surface area contributed by atoms with E-state index in [0.29, 0.717) is 34.6 Å². The van der Waals surface area contributed by atoms with Crippen molar-refractivity contribution in [3.8, 4) is 5.69 Å². The van der Waals surface area contributed by atoms with Crippen LogP contribution >= 0.6 is 22.9 Å². The molecule has 1 saturated heterocycles. The van der Waals surface area contributed by atoms with Gasteiger partial charge in [0.25, 0.3) is 0 Å². The van der Waals surface area contributed by atoms with Crippen molar-refractivity contribution in [3.05, 3.63) is 58.8 Å². The molecular formula is C18H16ClN5O2S. The minimum atomic E-state index is -0.187. The van der Waals surface area contributed by atoms with E-state index in [0.717, 1.165) is 5.69 Å². The third-order valence-electron chi connectivity index (χ3n) is 4.09. The zero-order valence-corrected chi connectivity index (χ0v) is 15.8. The van der Waals surface area contributed by atoms with Gasteiger partial charge in [0, 0.05) is 35.9 Å². The SMILES string of the molecule is O=C(Cc1csc(N2CCNC2=O)n1)Nc1ccc(Cl)cc1-n1cccc1. The van der Waals surface area contributed by atoms with Crippen molar-refractivity contribution in [3.63, 3.8) is 0 Å². The molecule has 0 spiro atoms. The molecule has 7 nitrogen and oxygen atoms in total. The van der Waals surface area contributed by atoms with Gasteiger partial charge < -0.3 is 15.2 Å². The molecule has 1 aromatic carbocycles. The van der Waals surface area contributed by atoms with Crippen LogP contribution in [0.25, 0.3) is 5.69 Å². The van der Waals surface area contributed by atoms with Gasteiger partial charge >= 0.3 is 6.03 Å². The summed E-state index contributed by atoms with van der Waals surface area (Å²) in [6.07, 6.45) is 3.89. The summed E-state index contributed by atoms with van der Waals surface area (Å²) in [5.74, 6) is -0.187. The average molecular weight is 402 g/mol. The van der Waals surface area contributed by atoms with Crippen molar-refractivity contribution in [1.82, 2.24) is 14.9 Å². The standard InChI is InChI=1S/C18H16ClN5O2S/c19-12-3-4-14(15(9-12)23-6-1-2-7-23)22-16(25)10-13-11-27-18(21-13)24-8-5-20-17(24)26/h1-4,6-7,9,11H,5,8,10H2,(H,20,26)(H,22,25).